The van der Waals surface area contributed by atoms with E-state index >= 15 is 0 Å². The lowest BCUT2D eigenvalue weighted by Crippen LogP contribution is -2.50. The molecule has 28 heavy (non-hydrogen) atoms. The first kappa shape index (κ1) is 25.6. The zero-order valence-corrected chi connectivity index (χ0v) is 19.1. The predicted octanol–water partition coefficient (Wildman–Crippen LogP) is 1.73. The molecular formula is C19H34Cl2N4O2S. The first-order chi connectivity index (χ1) is 12.5. The van der Waals surface area contributed by atoms with E-state index in [1.54, 1.807) is 12.1 Å². The minimum absolute atomic E-state index is 0. The fourth-order valence-electron chi connectivity index (χ4n) is 3.76. The molecule has 0 aromatic heterocycles. The van der Waals surface area contributed by atoms with Crippen molar-refractivity contribution in [2.75, 3.05) is 58.9 Å². The lowest BCUT2D eigenvalue weighted by molar-refractivity contribution is 0.112. The van der Waals surface area contributed by atoms with Gasteiger partial charge in [-0.2, -0.15) is 0 Å². The highest BCUT2D eigenvalue weighted by Crippen LogP contribution is 2.15. The van der Waals surface area contributed by atoms with E-state index in [2.05, 4.69) is 19.8 Å². The van der Waals surface area contributed by atoms with E-state index in [0.717, 1.165) is 57.3 Å². The van der Waals surface area contributed by atoms with Crippen molar-refractivity contribution in [3.63, 3.8) is 0 Å². The molecule has 2 N–H and O–H groups in total. The molecule has 0 bridgehead atoms. The Morgan fingerprint density at radius 1 is 1.00 bits per heavy atom. The minimum atomic E-state index is -3.40. The van der Waals surface area contributed by atoms with Crippen LogP contribution in [0.25, 0.3) is 0 Å². The van der Waals surface area contributed by atoms with Gasteiger partial charge in [-0.25, -0.2) is 13.1 Å². The molecule has 2 heterocycles. The van der Waals surface area contributed by atoms with Crippen LogP contribution in [0.2, 0.25) is 0 Å². The van der Waals surface area contributed by atoms with Crippen LogP contribution >= 0.6 is 24.8 Å². The highest BCUT2D eigenvalue weighted by Gasteiger charge is 2.21. The molecule has 0 saturated carbocycles. The average molecular weight is 453 g/mol. The van der Waals surface area contributed by atoms with Crippen LogP contribution in [-0.2, 0) is 10.0 Å². The monoisotopic (exact) mass is 452 g/mol. The van der Waals surface area contributed by atoms with Crippen LogP contribution in [0.4, 0.5) is 0 Å². The van der Waals surface area contributed by atoms with Gasteiger partial charge in [-0.1, -0.05) is 17.7 Å². The van der Waals surface area contributed by atoms with Crippen LogP contribution in [0.5, 0.6) is 0 Å². The summed E-state index contributed by atoms with van der Waals surface area (Å²) in [5.74, 6) is 0.837. The van der Waals surface area contributed by atoms with E-state index in [0.29, 0.717) is 11.4 Å². The third-order valence-corrected chi connectivity index (χ3v) is 6.97. The number of rotatable bonds is 7. The van der Waals surface area contributed by atoms with E-state index in [-0.39, 0.29) is 24.8 Å². The quantitative estimate of drug-likeness (QED) is 0.659. The molecule has 1 aromatic rings. The average Bonchev–Trinajstić information content (AvgIpc) is 2.64. The number of halogens is 2. The summed E-state index contributed by atoms with van der Waals surface area (Å²) in [5, 5.41) is 3.43. The van der Waals surface area contributed by atoms with Crippen LogP contribution in [0, 0.1) is 12.8 Å². The van der Waals surface area contributed by atoms with E-state index in [1.165, 1.54) is 19.4 Å². The van der Waals surface area contributed by atoms with Crippen molar-refractivity contribution in [3.8, 4) is 0 Å². The third kappa shape index (κ3) is 7.78. The highest BCUT2D eigenvalue weighted by atomic mass is 35.5. The Morgan fingerprint density at radius 2 is 1.57 bits per heavy atom. The summed E-state index contributed by atoms with van der Waals surface area (Å²) in [6, 6.07) is 6.99. The Hall–Kier alpha value is -0.410. The van der Waals surface area contributed by atoms with Crippen molar-refractivity contribution < 1.29 is 8.42 Å². The van der Waals surface area contributed by atoms with Crippen LogP contribution < -0.4 is 10.0 Å². The van der Waals surface area contributed by atoms with Gasteiger partial charge in [0.1, 0.15) is 0 Å². The van der Waals surface area contributed by atoms with Crippen LogP contribution in [0.1, 0.15) is 18.4 Å². The maximum absolute atomic E-state index is 12.3. The van der Waals surface area contributed by atoms with Crippen molar-refractivity contribution in [1.82, 2.24) is 19.8 Å². The zero-order chi connectivity index (χ0) is 18.4. The van der Waals surface area contributed by atoms with Crippen molar-refractivity contribution >= 4 is 34.8 Å². The Morgan fingerprint density at radius 3 is 2.18 bits per heavy atom. The molecule has 0 spiro atoms. The molecule has 0 radical (unpaired) electrons. The Labute approximate surface area is 182 Å². The molecule has 3 rings (SSSR count). The van der Waals surface area contributed by atoms with Gasteiger partial charge < -0.3 is 10.2 Å². The lowest BCUT2D eigenvalue weighted by atomic mass is 9.97. The first-order valence-electron chi connectivity index (χ1n) is 9.75. The predicted molar refractivity (Wildman–Crippen MR) is 119 cm³/mol. The number of hydrogen-bond donors (Lipinski definition) is 2. The van der Waals surface area contributed by atoms with E-state index in [4.69, 9.17) is 0 Å². The molecule has 0 amide bonds. The zero-order valence-electron chi connectivity index (χ0n) is 16.6. The summed E-state index contributed by atoms with van der Waals surface area (Å²) in [6.07, 6.45) is 2.59. The number of hydrogen-bond acceptors (Lipinski definition) is 5. The standard InChI is InChI=1S/C19H32N4O2S.2ClH/c1-17-2-4-19(5-3-17)26(24,25)21-10-11-22-12-14-23(15-13-22)16-18-6-8-20-9-7-18;;/h2-5,18,20-21H,6-16H2,1H3;2*1H. The number of piperidine rings is 1. The summed E-state index contributed by atoms with van der Waals surface area (Å²) >= 11 is 0. The number of nitrogens with one attached hydrogen (secondary N) is 2. The molecule has 2 aliphatic heterocycles. The van der Waals surface area contributed by atoms with Gasteiger partial charge in [0.2, 0.25) is 10.0 Å². The summed E-state index contributed by atoms with van der Waals surface area (Å²) in [5.41, 5.74) is 1.06. The summed E-state index contributed by atoms with van der Waals surface area (Å²) in [6.45, 7) is 11.0. The molecule has 1 aromatic carbocycles. The number of aryl methyl sites for hydroxylation is 1. The molecule has 0 unspecified atom stereocenters. The van der Waals surface area contributed by atoms with Gasteiger partial charge in [0.15, 0.2) is 0 Å². The topological polar surface area (TPSA) is 64.7 Å². The van der Waals surface area contributed by atoms with Gasteiger partial charge in [-0.3, -0.25) is 4.90 Å². The van der Waals surface area contributed by atoms with E-state index < -0.39 is 10.0 Å². The van der Waals surface area contributed by atoms with Gasteiger partial charge in [-0.15, -0.1) is 24.8 Å². The van der Waals surface area contributed by atoms with E-state index in [9.17, 15) is 8.42 Å². The van der Waals surface area contributed by atoms with Crippen molar-refractivity contribution in [2.45, 2.75) is 24.7 Å². The largest absolute Gasteiger partial charge is 0.317 e. The molecule has 2 fully saturated rings. The molecule has 162 valence electrons. The fourth-order valence-corrected chi connectivity index (χ4v) is 4.78. The van der Waals surface area contributed by atoms with Crippen LogP contribution in [-0.4, -0.2) is 77.1 Å². The molecule has 6 nitrogen and oxygen atoms in total. The molecule has 2 aliphatic rings. The smallest absolute Gasteiger partial charge is 0.240 e. The number of piperazine rings is 1. The molecule has 9 heteroatoms. The lowest BCUT2D eigenvalue weighted by Gasteiger charge is -2.37. The van der Waals surface area contributed by atoms with Crippen molar-refractivity contribution in [1.29, 1.82) is 0 Å². The van der Waals surface area contributed by atoms with Crippen LogP contribution in [0.3, 0.4) is 0 Å². The Bertz CT molecular complexity index is 659. The third-order valence-electron chi connectivity index (χ3n) is 5.49. The van der Waals surface area contributed by atoms with Crippen LogP contribution in [0.15, 0.2) is 29.2 Å². The Kier molecular flexibility index (Phi) is 11.3. The summed E-state index contributed by atoms with van der Waals surface area (Å²) in [4.78, 5) is 5.27. The minimum Gasteiger partial charge on any atom is -0.317 e. The summed E-state index contributed by atoms with van der Waals surface area (Å²) in [7, 11) is -3.40. The second kappa shape index (κ2) is 12.3. The molecule has 0 atom stereocenters. The van der Waals surface area contributed by atoms with Gasteiger partial charge in [-0.05, 0) is 50.9 Å². The fraction of sp³-hybridized carbons (Fsp3) is 0.684. The van der Waals surface area contributed by atoms with Gasteiger partial charge in [0.25, 0.3) is 0 Å². The maximum Gasteiger partial charge on any atom is 0.240 e. The van der Waals surface area contributed by atoms with Crippen molar-refractivity contribution in [2.24, 2.45) is 5.92 Å². The number of nitrogens with zero attached hydrogens (tertiary/aromatic N) is 2. The van der Waals surface area contributed by atoms with Gasteiger partial charge in [0.05, 0.1) is 4.90 Å². The highest BCUT2D eigenvalue weighted by molar-refractivity contribution is 7.89. The normalized spacial score (nSPS) is 19.6. The van der Waals surface area contributed by atoms with Crippen molar-refractivity contribution in [3.05, 3.63) is 29.8 Å². The molecular weight excluding hydrogens is 419 g/mol. The second-order valence-corrected chi connectivity index (χ2v) is 9.31. The first-order valence-corrected chi connectivity index (χ1v) is 11.2. The molecule has 0 aliphatic carbocycles. The van der Waals surface area contributed by atoms with Gasteiger partial charge in [0, 0.05) is 45.8 Å². The summed E-state index contributed by atoms with van der Waals surface area (Å²) < 4.78 is 27.4. The number of sulfonamides is 1. The second-order valence-electron chi connectivity index (χ2n) is 7.55. The molecule has 2 saturated heterocycles. The SMILES string of the molecule is Cc1ccc(S(=O)(=O)NCCN2CCN(CC3CCNCC3)CC2)cc1.Cl.Cl. The maximum atomic E-state index is 12.3. The van der Waals surface area contributed by atoms with Gasteiger partial charge >= 0.3 is 0 Å². The van der Waals surface area contributed by atoms with E-state index in [1.807, 2.05) is 19.1 Å². The number of benzene rings is 1. The Balaban J connectivity index is 0.00000196.